The van der Waals surface area contributed by atoms with Crippen molar-refractivity contribution in [2.45, 2.75) is 39.5 Å². The van der Waals surface area contributed by atoms with E-state index < -0.39 is 11.2 Å². The molecule has 4 rings (SSSR count). The molecular weight excluding hydrogens is 473 g/mol. The van der Waals surface area contributed by atoms with Crippen molar-refractivity contribution >= 4 is 22.2 Å². The summed E-state index contributed by atoms with van der Waals surface area (Å²) in [4.78, 5) is 32.3. The van der Waals surface area contributed by atoms with E-state index in [1.54, 1.807) is 18.7 Å². The molecule has 10 nitrogen and oxygen atoms in total. The largest absolute Gasteiger partial charge is 0.464 e. The van der Waals surface area contributed by atoms with Gasteiger partial charge in [0, 0.05) is 43.6 Å². The number of hydrogen-bond donors (Lipinski definition) is 0. The lowest BCUT2D eigenvalue weighted by Gasteiger charge is -2.40. The lowest BCUT2D eigenvalue weighted by atomic mass is 10.1. The Hall–Kier alpha value is -3.29. The molecule has 0 unspecified atom stereocenters. The van der Waals surface area contributed by atoms with Gasteiger partial charge in [0.2, 0.25) is 10.9 Å². The third-order valence-electron chi connectivity index (χ3n) is 5.21. The fourth-order valence-corrected chi connectivity index (χ4v) is 4.67. The van der Waals surface area contributed by atoms with Crippen molar-refractivity contribution in [2.24, 2.45) is 0 Å². The van der Waals surface area contributed by atoms with Gasteiger partial charge in [-0.2, -0.15) is 18.3 Å². The third-order valence-corrected chi connectivity index (χ3v) is 6.37. The van der Waals surface area contributed by atoms with Crippen LogP contribution in [0.4, 0.5) is 18.2 Å². The summed E-state index contributed by atoms with van der Waals surface area (Å²) in [6.07, 6.45) is -0.279. The Morgan fingerprint density at radius 1 is 1.24 bits per heavy atom. The molecule has 1 fully saturated rings. The molecule has 0 spiro atoms. The van der Waals surface area contributed by atoms with Crippen LogP contribution in [-0.4, -0.2) is 72.8 Å². The van der Waals surface area contributed by atoms with E-state index in [1.165, 1.54) is 23.4 Å². The lowest BCUT2D eigenvalue weighted by Crippen LogP contribution is -2.54. The molecule has 14 heteroatoms. The van der Waals surface area contributed by atoms with E-state index in [-0.39, 0.29) is 30.2 Å². The Bertz CT molecular complexity index is 1150. The minimum Gasteiger partial charge on any atom is -0.464 e. The second-order valence-corrected chi connectivity index (χ2v) is 8.71. The molecule has 3 aromatic heterocycles. The number of thiazole rings is 1. The van der Waals surface area contributed by atoms with Crippen molar-refractivity contribution in [1.82, 2.24) is 34.6 Å². The maximum atomic E-state index is 13.5. The van der Waals surface area contributed by atoms with E-state index in [1.807, 2.05) is 11.8 Å². The molecule has 1 amide bonds. The van der Waals surface area contributed by atoms with Crippen LogP contribution < -0.4 is 9.64 Å². The SMILES string of the molecule is CCOc1ncc(-c2nc(C(F)(F)F)sc2N2CCN(C(=O)Cn3cnc(C)n3)[C@H](C)C2)cn1. The summed E-state index contributed by atoms with van der Waals surface area (Å²) < 4.78 is 47.2. The first-order valence-corrected chi connectivity index (χ1v) is 11.4. The maximum absolute atomic E-state index is 13.5. The van der Waals surface area contributed by atoms with Gasteiger partial charge in [-0.25, -0.2) is 24.6 Å². The molecule has 0 bridgehead atoms. The van der Waals surface area contributed by atoms with Gasteiger partial charge in [0.1, 0.15) is 29.4 Å². The van der Waals surface area contributed by atoms with Crippen molar-refractivity contribution in [3.05, 3.63) is 29.6 Å². The molecule has 1 saturated heterocycles. The zero-order valence-corrected chi connectivity index (χ0v) is 19.6. The molecule has 182 valence electrons. The van der Waals surface area contributed by atoms with Crippen LogP contribution in [0.15, 0.2) is 18.7 Å². The minimum absolute atomic E-state index is 0.0543. The molecule has 34 heavy (non-hydrogen) atoms. The fraction of sp³-hybridized carbons (Fsp3) is 0.500. The molecule has 3 aromatic rings. The number of amides is 1. The first kappa shape index (κ1) is 23.9. The fourth-order valence-electron chi connectivity index (χ4n) is 3.68. The monoisotopic (exact) mass is 496 g/mol. The van der Waals surface area contributed by atoms with E-state index in [0.29, 0.717) is 54.0 Å². The average Bonchev–Trinajstić information content (AvgIpc) is 3.41. The molecule has 0 saturated carbocycles. The predicted octanol–water partition coefficient (Wildman–Crippen LogP) is 2.65. The van der Waals surface area contributed by atoms with Crippen LogP contribution in [0.2, 0.25) is 0 Å². The summed E-state index contributed by atoms with van der Waals surface area (Å²) >= 11 is 0.576. The normalized spacial score (nSPS) is 16.7. The number of carbonyl (C=O) groups is 1. The van der Waals surface area contributed by atoms with Crippen molar-refractivity contribution in [2.75, 3.05) is 31.1 Å². The van der Waals surface area contributed by atoms with Crippen LogP contribution in [0, 0.1) is 6.92 Å². The summed E-state index contributed by atoms with van der Waals surface area (Å²) in [6.45, 7) is 6.87. The predicted molar refractivity (Wildman–Crippen MR) is 117 cm³/mol. The number of nitrogens with zero attached hydrogens (tertiary/aromatic N) is 8. The van der Waals surface area contributed by atoms with Gasteiger partial charge in [-0.05, 0) is 20.8 Å². The van der Waals surface area contributed by atoms with Crippen molar-refractivity contribution in [1.29, 1.82) is 0 Å². The molecular formula is C20H23F3N8O2S. The summed E-state index contributed by atoms with van der Waals surface area (Å²) in [5.74, 6) is 0.444. The Morgan fingerprint density at radius 3 is 2.56 bits per heavy atom. The number of rotatable bonds is 6. The van der Waals surface area contributed by atoms with Gasteiger partial charge >= 0.3 is 12.2 Å². The number of halogens is 3. The van der Waals surface area contributed by atoms with Crippen molar-refractivity contribution in [3.8, 4) is 17.3 Å². The second-order valence-electron chi connectivity index (χ2n) is 7.73. The van der Waals surface area contributed by atoms with Gasteiger partial charge in [-0.1, -0.05) is 11.3 Å². The maximum Gasteiger partial charge on any atom is 0.443 e. The smallest absolute Gasteiger partial charge is 0.443 e. The average molecular weight is 497 g/mol. The summed E-state index contributed by atoms with van der Waals surface area (Å²) in [6, 6.07) is -0.0888. The number of aromatic nitrogens is 6. The van der Waals surface area contributed by atoms with Gasteiger partial charge in [-0.15, -0.1) is 0 Å². The van der Waals surface area contributed by atoms with Crippen LogP contribution in [-0.2, 0) is 17.5 Å². The molecule has 0 aliphatic carbocycles. The Balaban J connectivity index is 1.55. The van der Waals surface area contributed by atoms with Crippen LogP contribution in [0.3, 0.4) is 0 Å². The molecule has 1 atom stereocenters. The number of piperazine rings is 1. The highest BCUT2D eigenvalue weighted by Gasteiger charge is 2.38. The topological polar surface area (TPSA) is 102 Å². The zero-order valence-electron chi connectivity index (χ0n) is 18.8. The minimum atomic E-state index is -4.58. The first-order chi connectivity index (χ1) is 16.2. The van der Waals surface area contributed by atoms with Gasteiger partial charge in [0.25, 0.3) is 0 Å². The molecule has 1 aliphatic rings. The standard InChI is InChI=1S/C20H23F3N8O2S/c1-4-33-19-24-7-14(8-25-19)16-17(34-18(27-16)20(21,22)23)29-5-6-31(12(2)9-29)15(32)10-30-11-26-13(3)28-30/h7-8,11-12H,4-6,9-10H2,1-3H3/t12-/m1/s1. The number of alkyl halides is 3. The summed E-state index contributed by atoms with van der Waals surface area (Å²) in [5, 5.41) is 3.56. The number of aryl methyl sites for hydroxylation is 1. The zero-order chi connectivity index (χ0) is 24.5. The van der Waals surface area contributed by atoms with Crippen LogP contribution >= 0.6 is 11.3 Å². The van der Waals surface area contributed by atoms with E-state index >= 15 is 0 Å². The Kier molecular flexibility index (Phi) is 6.68. The molecule has 0 N–H and O–H groups in total. The summed E-state index contributed by atoms with van der Waals surface area (Å²) in [5.41, 5.74) is 0.517. The van der Waals surface area contributed by atoms with Crippen molar-refractivity contribution < 1.29 is 22.7 Å². The van der Waals surface area contributed by atoms with Gasteiger partial charge < -0.3 is 14.5 Å². The van der Waals surface area contributed by atoms with E-state index in [9.17, 15) is 18.0 Å². The first-order valence-electron chi connectivity index (χ1n) is 10.6. The number of hydrogen-bond acceptors (Lipinski definition) is 9. The van der Waals surface area contributed by atoms with E-state index in [0.717, 1.165) is 0 Å². The molecule has 0 aromatic carbocycles. The highest BCUT2D eigenvalue weighted by molar-refractivity contribution is 7.16. The second kappa shape index (κ2) is 9.52. The number of ether oxygens (including phenoxy) is 1. The third kappa shape index (κ3) is 5.11. The van der Waals surface area contributed by atoms with Crippen molar-refractivity contribution in [3.63, 3.8) is 0 Å². The Labute approximate surface area is 197 Å². The number of carbonyl (C=O) groups excluding carboxylic acids is 1. The van der Waals surface area contributed by atoms with Gasteiger partial charge in [-0.3, -0.25) is 4.79 Å². The van der Waals surface area contributed by atoms with Gasteiger partial charge in [0.05, 0.1) is 6.61 Å². The molecule has 0 radical (unpaired) electrons. The van der Waals surface area contributed by atoms with Crippen LogP contribution in [0.25, 0.3) is 11.3 Å². The lowest BCUT2D eigenvalue weighted by molar-refractivity contribution is -0.137. The molecule has 1 aliphatic heterocycles. The van der Waals surface area contributed by atoms with Crippen LogP contribution in [0.1, 0.15) is 24.7 Å². The van der Waals surface area contributed by atoms with E-state index in [4.69, 9.17) is 4.74 Å². The van der Waals surface area contributed by atoms with Crippen LogP contribution in [0.5, 0.6) is 6.01 Å². The highest BCUT2D eigenvalue weighted by Crippen LogP contribution is 2.43. The summed E-state index contributed by atoms with van der Waals surface area (Å²) in [7, 11) is 0. The number of anilines is 1. The van der Waals surface area contributed by atoms with Gasteiger partial charge in [0.15, 0.2) is 0 Å². The molecule has 4 heterocycles. The highest BCUT2D eigenvalue weighted by atomic mass is 32.1. The Morgan fingerprint density at radius 2 is 1.97 bits per heavy atom. The quantitative estimate of drug-likeness (QED) is 0.513. The van der Waals surface area contributed by atoms with E-state index in [2.05, 4.69) is 25.0 Å².